The third-order valence-electron chi connectivity index (χ3n) is 8.96. The van der Waals surface area contributed by atoms with Gasteiger partial charge in [-0.25, -0.2) is 4.39 Å². The molecule has 4 rings (SSSR count). The van der Waals surface area contributed by atoms with Crippen molar-refractivity contribution in [2.24, 2.45) is 11.3 Å². The van der Waals surface area contributed by atoms with Crippen molar-refractivity contribution >= 4 is 17.7 Å². The summed E-state index contributed by atoms with van der Waals surface area (Å²) < 4.78 is 13.6. The first-order valence-corrected chi connectivity index (χ1v) is 15.0. The lowest BCUT2D eigenvalue weighted by atomic mass is 9.63. The molecule has 2 heterocycles. The van der Waals surface area contributed by atoms with Crippen molar-refractivity contribution in [1.82, 2.24) is 25.8 Å². The maximum atomic E-state index is 13.9. The second-order valence-electron chi connectivity index (χ2n) is 13.2. The van der Waals surface area contributed by atoms with E-state index in [2.05, 4.69) is 20.9 Å². The number of halogens is 1. The minimum atomic E-state index is -0.766. The van der Waals surface area contributed by atoms with Gasteiger partial charge in [-0.05, 0) is 77.1 Å². The minimum Gasteiger partial charge on any atom is -0.351 e. The lowest BCUT2D eigenvalue weighted by Crippen LogP contribution is -2.61. The van der Waals surface area contributed by atoms with E-state index in [0.29, 0.717) is 44.9 Å². The van der Waals surface area contributed by atoms with Gasteiger partial charge in [-0.1, -0.05) is 31.4 Å². The highest BCUT2D eigenvalue weighted by Gasteiger charge is 2.49. The lowest BCUT2D eigenvalue weighted by molar-refractivity contribution is -0.147. The molecule has 222 valence electrons. The molecule has 40 heavy (non-hydrogen) atoms. The number of hydrogen-bond donors (Lipinski definition) is 3. The van der Waals surface area contributed by atoms with Crippen molar-refractivity contribution in [3.05, 3.63) is 35.6 Å². The van der Waals surface area contributed by atoms with Crippen LogP contribution in [-0.4, -0.2) is 84.9 Å². The molecule has 0 bridgehead atoms. The number of piperidine rings is 1. The Morgan fingerprint density at radius 2 is 1.70 bits per heavy atom. The zero-order valence-corrected chi connectivity index (χ0v) is 24.7. The van der Waals surface area contributed by atoms with Crippen molar-refractivity contribution in [3.8, 4) is 0 Å². The summed E-state index contributed by atoms with van der Waals surface area (Å²) in [6, 6.07) is 4.92. The second kappa shape index (κ2) is 13.0. The number of likely N-dealkylation sites (tertiary alicyclic amines) is 1. The normalized spacial score (nSPS) is 23.3. The number of carbonyl (C=O) groups excluding carboxylic acids is 3. The van der Waals surface area contributed by atoms with E-state index >= 15 is 0 Å². The van der Waals surface area contributed by atoms with E-state index in [1.165, 1.54) is 18.6 Å². The first-order chi connectivity index (χ1) is 19.0. The van der Waals surface area contributed by atoms with Gasteiger partial charge in [0.15, 0.2) is 0 Å². The standard InChI is InChI=1S/C31H48FN5O3/c1-30(2,3)35-29(40)31(23-8-6-5-7-9-23)14-17-37(18-15-31)28(39)25(20-22-10-12-24(32)13-11-22)34-27(38)26-21-36(4)19-16-33-26/h10-13,23,25-26,33H,5-9,14-21H2,1-4H3,(H,34,38)(H,35,40)/t25-,26-/m0/s1. The fourth-order valence-corrected chi connectivity index (χ4v) is 6.69. The molecule has 1 aromatic rings. The zero-order valence-electron chi connectivity index (χ0n) is 24.7. The molecule has 3 amide bonds. The van der Waals surface area contributed by atoms with E-state index in [1.54, 1.807) is 12.1 Å². The smallest absolute Gasteiger partial charge is 0.245 e. The van der Waals surface area contributed by atoms with Crippen LogP contribution in [0.1, 0.15) is 71.3 Å². The van der Waals surface area contributed by atoms with Gasteiger partial charge >= 0.3 is 0 Å². The molecule has 2 aliphatic heterocycles. The molecule has 1 aliphatic carbocycles. The fourth-order valence-electron chi connectivity index (χ4n) is 6.69. The number of nitrogens with one attached hydrogen (secondary N) is 3. The van der Waals surface area contributed by atoms with Gasteiger partial charge in [0.2, 0.25) is 17.7 Å². The summed E-state index contributed by atoms with van der Waals surface area (Å²) in [5.41, 5.74) is -0.0132. The van der Waals surface area contributed by atoms with Crippen LogP contribution in [-0.2, 0) is 20.8 Å². The number of rotatable bonds is 7. The monoisotopic (exact) mass is 557 g/mol. The molecule has 0 aromatic heterocycles. The molecule has 3 N–H and O–H groups in total. The van der Waals surface area contributed by atoms with Crippen LogP contribution < -0.4 is 16.0 Å². The van der Waals surface area contributed by atoms with Crippen molar-refractivity contribution in [2.45, 2.75) is 89.8 Å². The highest BCUT2D eigenvalue weighted by atomic mass is 19.1. The minimum absolute atomic E-state index is 0.114. The predicted octanol–water partition coefficient (Wildman–Crippen LogP) is 2.86. The molecule has 0 unspecified atom stereocenters. The number of nitrogens with zero attached hydrogens (tertiary/aromatic N) is 2. The van der Waals surface area contributed by atoms with E-state index in [0.717, 1.165) is 37.8 Å². The number of likely N-dealkylation sites (N-methyl/N-ethyl adjacent to an activating group) is 1. The Labute approximate surface area is 238 Å². The van der Waals surface area contributed by atoms with Crippen LogP contribution in [0.15, 0.2) is 24.3 Å². The first-order valence-electron chi connectivity index (χ1n) is 15.0. The molecule has 8 nitrogen and oxygen atoms in total. The Hall–Kier alpha value is -2.52. The summed E-state index contributed by atoms with van der Waals surface area (Å²) in [6.45, 7) is 9.14. The maximum Gasteiger partial charge on any atom is 0.245 e. The summed E-state index contributed by atoms with van der Waals surface area (Å²) in [7, 11) is 1.98. The first kappa shape index (κ1) is 30.4. The van der Waals surface area contributed by atoms with E-state index in [1.807, 2.05) is 32.7 Å². The van der Waals surface area contributed by atoms with Gasteiger partial charge in [-0.2, -0.15) is 0 Å². The third kappa shape index (κ3) is 7.60. The molecule has 3 fully saturated rings. The van der Waals surface area contributed by atoms with Crippen LogP contribution in [0, 0.1) is 17.2 Å². The summed E-state index contributed by atoms with van der Waals surface area (Å²) in [4.78, 5) is 44.8. The van der Waals surface area contributed by atoms with E-state index in [9.17, 15) is 18.8 Å². The molecule has 0 spiro atoms. The number of hydrogen-bond acceptors (Lipinski definition) is 5. The van der Waals surface area contributed by atoms with Gasteiger partial charge < -0.3 is 25.8 Å². The van der Waals surface area contributed by atoms with Gasteiger partial charge in [0.05, 0.1) is 11.5 Å². The molecule has 2 atom stereocenters. The lowest BCUT2D eigenvalue weighted by Gasteiger charge is -2.48. The molecular formula is C31H48FN5O3. The van der Waals surface area contributed by atoms with Crippen LogP contribution >= 0.6 is 0 Å². The van der Waals surface area contributed by atoms with E-state index in [4.69, 9.17) is 0 Å². The van der Waals surface area contributed by atoms with Crippen molar-refractivity contribution in [3.63, 3.8) is 0 Å². The van der Waals surface area contributed by atoms with Crippen LogP contribution in [0.3, 0.4) is 0 Å². The van der Waals surface area contributed by atoms with Gasteiger partial charge in [-0.3, -0.25) is 14.4 Å². The van der Waals surface area contributed by atoms with Gasteiger partial charge in [0, 0.05) is 44.7 Å². The molecule has 1 saturated carbocycles. The fraction of sp³-hybridized carbons (Fsp3) is 0.710. The highest BCUT2D eigenvalue weighted by Crippen LogP contribution is 2.46. The van der Waals surface area contributed by atoms with Gasteiger partial charge in [-0.15, -0.1) is 0 Å². The van der Waals surface area contributed by atoms with E-state index in [-0.39, 0.29) is 35.5 Å². The summed E-state index contributed by atoms with van der Waals surface area (Å²) in [6.07, 6.45) is 7.14. The average Bonchev–Trinajstić information content (AvgIpc) is 2.93. The van der Waals surface area contributed by atoms with Crippen LogP contribution in [0.25, 0.3) is 0 Å². The average molecular weight is 558 g/mol. The topological polar surface area (TPSA) is 93.8 Å². The van der Waals surface area contributed by atoms with Gasteiger partial charge in [0.1, 0.15) is 11.9 Å². The van der Waals surface area contributed by atoms with Gasteiger partial charge in [0.25, 0.3) is 0 Å². The Morgan fingerprint density at radius 1 is 1.05 bits per heavy atom. The maximum absolute atomic E-state index is 13.9. The zero-order chi connectivity index (χ0) is 28.9. The molecular weight excluding hydrogens is 509 g/mol. The van der Waals surface area contributed by atoms with Crippen LogP contribution in [0.2, 0.25) is 0 Å². The Kier molecular flexibility index (Phi) is 9.88. The van der Waals surface area contributed by atoms with Crippen molar-refractivity contribution in [2.75, 3.05) is 39.8 Å². The van der Waals surface area contributed by atoms with Crippen molar-refractivity contribution < 1.29 is 18.8 Å². The number of amides is 3. The number of benzene rings is 1. The van der Waals surface area contributed by atoms with Crippen LogP contribution in [0.5, 0.6) is 0 Å². The second-order valence-corrected chi connectivity index (χ2v) is 13.2. The van der Waals surface area contributed by atoms with Crippen LogP contribution in [0.4, 0.5) is 4.39 Å². The van der Waals surface area contributed by atoms with E-state index < -0.39 is 17.5 Å². The number of piperazine rings is 1. The summed E-state index contributed by atoms with van der Waals surface area (Å²) in [5.74, 6) is -0.248. The largest absolute Gasteiger partial charge is 0.351 e. The molecule has 2 saturated heterocycles. The summed E-state index contributed by atoms with van der Waals surface area (Å²) in [5, 5.41) is 9.52. The quantitative estimate of drug-likeness (QED) is 0.480. The Balaban J connectivity index is 1.50. The SMILES string of the molecule is CN1CCN[C@H](C(=O)N[C@@H](Cc2ccc(F)cc2)C(=O)N2CCC(C(=O)NC(C)(C)C)(C3CCCCC3)CC2)C1. The Morgan fingerprint density at radius 3 is 2.30 bits per heavy atom. The predicted molar refractivity (Wildman–Crippen MR) is 154 cm³/mol. The highest BCUT2D eigenvalue weighted by molar-refractivity contribution is 5.90. The number of carbonyl (C=O) groups is 3. The van der Waals surface area contributed by atoms with Crippen molar-refractivity contribution in [1.29, 1.82) is 0 Å². The summed E-state index contributed by atoms with van der Waals surface area (Å²) >= 11 is 0. The molecule has 0 radical (unpaired) electrons. The molecule has 3 aliphatic rings. The molecule has 9 heteroatoms. The molecule has 1 aromatic carbocycles. The Bertz CT molecular complexity index is 1030. The third-order valence-corrected chi connectivity index (χ3v) is 8.96.